The third-order valence-electron chi connectivity index (χ3n) is 5.93. The van der Waals surface area contributed by atoms with Crippen molar-refractivity contribution >= 4 is 5.97 Å². The van der Waals surface area contributed by atoms with Gasteiger partial charge in [0.2, 0.25) is 0 Å². The fraction of sp³-hybridized carbons (Fsp3) is 0.500. The van der Waals surface area contributed by atoms with Crippen LogP contribution in [0.3, 0.4) is 0 Å². The summed E-state index contributed by atoms with van der Waals surface area (Å²) >= 11 is 0. The molecule has 0 aromatic heterocycles. The lowest BCUT2D eigenvalue weighted by Crippen LogP contribution is -2.38. The summed E-state index contributed by atoms with van der Waals surface area (Å²) in [5.41, 5.74) is 2.43. The number of hydrogen-bond donors (Lipinski definition) is 1. The molecule has 0 saturated carbocycles. The van der Waals surface area contributed by atoms with Crippen molar-refractivity contribution < 1.29 is 14.6 Å². The van der Waals surface area contributed by atoms with E-state index in [1.165, 1.54) is 24.0 Å². The van der Waals surface area contributed by atoms with Gasteiger partial charge in [-0.1, -0.05) is 79.9 Å². The van der Waals surface area contributed by atoms with E-state index in [0.717, 1.165) is 51.7 Å². The van der Waals surface area contributed by atoms with Gasteiger partial charge in [0.05, 0.1) is 6.10 Å². The number of benzene rings is 2. The van der Waals surface area contributed by atoms with Crippen molar-refractivity contribution in [2.24, 2.45) is 0 Å². The normalized spacial score (nSPS) is 15.5. The zero-order valence-electron chi connectivity index (χ0n) is 17.9. The Labute approximate surface area is 180 Å². The first-order valence-corrected chi connectivity index (χ1v) is 11.4. The molecule has 0 bridgehead atoms. The number of carboxylic acids is 1. The Balaban J connectivity index is 1.40. The number of unbranched alkanes of at least 4 members (excludes halogenated alkanes) is 4. The lowest BCUT2D eigenvalue weighted by Gasteiger charge is -2.34. The molecule has 4 nitrogen and oxygen atoms in total. The van der Waals surface area contributed by atoms with E-state index < -0.39 is 5.97 Å². The summed E-state index contributed by atoms with van der Waals surface area (Å²) in [4.78, 5) is 13.1. The second kappa shape index (κ2) is 12.5. The van der Waals surface area contributed by atoms with E-state index in [1.807, 2.05) is 0 Å². The fourth-order valence-electron chi connectivity index (χ4n) is 4.21. The van der Waals surface area contributed by atoms with E-state index in [0.29, 0.717) is 12.5 Å². The average molecular weight is 410 g/mol. The first-order chi connectivity index (χ1) is 14.7. The number of hydrogen-bond acceptors (Lipinski definition) is 3. The highest BCUT2D eigenvalue weighted by molar-refractivity contribution is 5.66. The predicted octanol–water partition coefficient (Wildman–Crippen LogP) is 5.68. The smallest absolute Gasteiger partial charge is 0.303 e. The number of ether oxygens (including phenoxy) is 1. The molecule has 162 valence electrons. The molecule has 2 aromatic carbocycles. The van der Waals surface area contributed by atoms with Crippen LogP contribution in [0.2, 0.25) is 0 Å². The summed E-state index contributed by atoms with van der Waals surface area (Å²) < 4.78 is 6.63. The van der Waals surface area contributed by atoms with Crippen molar-refractivity contribution in [2.75, 3.05) is 19.6 Å². The van der Waals surface area contributed by atoms with Crippen LogP contribution in [0.15, 0.2) is 60.7 Å². The van der Waals surface area contributed by atoms with Gasteiger partial charge < -0.3 is 14.7 Å². The second-order valence-electron chi connectivity index (χ2n) is 8.29. The van der Waals surface area contributed by atoms with Crippen LogP contribution in [0.4, 0.5) is 0 Å². The summed E-state index contributed by atoms with van der Waals surface area (Å²) in [7, 11) is 0. The van der Waals surface area contributed by atoms with Crippen LogP contribution in [-0.2, 0) is 9.53 Å². The van der Waals surface area contributed by atoms with Gasteiger partial charge in [-0.2, -0.15) is 0 Å². The van der Waals surface area contributed by atoms with Gasteiger partial charge in [-0.05, 0) is 43.4 Å². The number of carboxylic acid groups (broad SMARTS) is 1. The number of rotatable bonds is 12. The molecule has 0 unspecified atom stereocenters. The largest absolute Gasteiger partial charge is 0.481 e. The molecule has 1 N–H and O–H groups in total. The summed E-state index contributed by atoms with van der Waals surface area (Å²) in [5.74, 6) is -0.679. The van der Waals surface area contributed by atoms with E-state index in [2.05, 4.69) is 65.6 Å². The van der Waals surface area contributed by atoms with Crippen LogP contribution in [0.1, 0.15) is 68.6 Å². The SMILES string of the molecule is O=C(O)CCCCCCCN1CCC(OC(c2ccccc2)c2ccccc2)CC1. The summed E-state index contributed by atoms with van der Waals surface area (Å²) in [5, 5.41) is 8.67. The third-order valence-corrected chi connectivity index (χ3v) is 5.93. The van der Waals surface area contributed by atoms with Gasteiger partial charge in [0.25, 0.3) is 0 Å². The minimum absolute atomic E-state index is 0.00486. The molecular weight excluding hydrogens is 374 g/mol. The highest BCUT2D eigenvalue weighted by atomic mass is 16.5. The Morgan fingerprint density at radius 2 is 1.40 bits per heavy atom. The first-order valence-electron chi connectivity index (χ1n) is 11.4. The standard InChI is InChI=1S/C26H35NO3/c28-25(29)16-10-2-1-3-11-19-27-20-17-24(18-21-27)30-26(22-12-6-4-7-13-22)23-14-8-5-9-15-23/h4-9,12-15,24,26H,1-3,10-11,16-21H2,(H,28,29). The molecule has 0 atom stereocenters. The molecule has 1 saturated heterocycles. The topological polar surface area (TPSA) is 49.8 Å². The van der Waals surface area contributed by atoms with Crippen molar-refractivity contribution in [1.29, 1.82) is 0 Å². The number of carbonyl (C=O) groups is 1. The monoisotopic (exact) mass is 409 g/mol. The summed E-state index contributed by atoms with van der Waals surface area (Å²) in [6.45, 7) is 3.34. The number of likely N-dealkylation sites (tertiary alicyclic amines) is 1. The van der Waals surface area contributed by atoms with Gasteiger partial charge in [-0.15, -0.1) is 0 Å². The van der Waals surface area contributed by atoms with Crippen molar-refractivity contribution in [3.63, 3.8) is 0 Å². The molecule has 2 aromatic rings. The quantitative estimate of drug-likeness (QED) is 0.458. The van der Waals surface area contributed by atoms with Gasteiger partial charge in [0.1, 0.15) is 6.10 Å². The Hall–Kier alpha value is -2.17. The molecule has 1 heterocycles. The highest BCUT2D eigenvalue weighted by Gasteiger charge is 2.24. The van der Waals surface area contributed by atoms with E-state index in [4.69, 9.17) is 9.84 Å². The van der Waals surface area contributed by atoms with Gasteiger partial charge in [0, 0.05) is 19.5 Å². The van der Waals surface area contributed by atoms with Gasteiger partial charge in [0.15, 0.2) is 0 Å². The molecule has 4 heteroatoms. The lowest BCUT2D eigenvalue weighted by molar-refractivity contribution is -0.137. The van der Waals surface area contributed by atoms with Gasteiger partial charge in [-0.3, -0.25) is 4.79 Å². The Kier molecular flexibility index (Phi) is 9.39. The summed E-state index contributed by atoms with van der Waals surface area (Å²) in [6.07, 6.45) is 8.13. The predicted molar refractivity (Wildman–Crippen MR) is 121 cm³/mol. The highest BCUT2D eigenvalue weighted by Crippen LogP contribution is 2.30. The van der Waals surface area contributed by atoms with Crippen molar-refractivity contribution in [1.82, 2.24) is 4.90 Å². The van der Waals surface area contributed by atoms with Crippen molar-refractivity contribution in [2.45, 2.75) is 63.6 Å². The molecule has 30 heavy (non-hydrogen) atoms. The molecule has 0 aliphatic carbocycles. The van der Waals surface area contributed by atoms with E-state index in [1.54, 1.807) is 0 Å². The molecule has 0 amide bonds. The molecular formula is C26H35NO3. The van der Waals surface area contributed by atoms with E-state index >= 15 is 0 Å². The Morgan fingerprint density at radius 3 is 1.97 bits per heavy atom. The van der Waals surface area contributed by atoms with Crippen molar-refractivity contribution in [3.05, 3.63) is 71.8 Å². The second-order valence-corrected chi connectivity index (χ2v) is 8.29. The van der Waals surface area contributed by atoms with Crippen LogP contribution in [-0.4, -0.2) is 41.7 Å². The molecule has 1 aliphatic rings. The van der Waals surface area contributed by atoms with E-state index in [9.17, 15) is 4.79 Å². The first kappa shape index (κ1) is 22.5. The summed E-state index contributed by atoms with van der Waals surface area (Å²) in [6, 6.07) is 21.1. The maximum atomic E-state index is 10.5. The molecule has 1 fully saturated rings. The average Bonchev–Trinajstić information content (AvgIpc) is 2.79. The van der Waals surface area contributed by atoms with Crippen LogP contribution < -0.4 is 0 Å². The maximum absolute atomic E-state index is 10.5. The number of aliphatic carboxylic acids is 1. The minimum atomic E-state index is -0.679. The number of piperidine rings is 1. The third kappa shape index (κ3) is 7.58. The zero-order chi connectivity index (χ0) is 21.0. The minimum Gasteiger partial charge on any atom is -0.481 e. The van der Waals surface area contributed by atoms with Crippen molar-refractivity contribution in [3.8, 4) is 0 Å². The Bertz CT molecular complexity index is 687. The molecule has 0 radical (unpaired) electrons. The fourth-order valence-corrected chi connectivity index (χ4v) is 4.21. The van der Waals surface area contributed by atoms with Gasteiger partial charge >= 0.3 is 5.97 Å². The lowest BCUT2D eigenvalue weighted by atomic mass is 10.00. The molecule has 1 aliphatic heterocycles. The van der Waals surface area contributed by atoms with Gasteiger partial charge in [-0.25, -0.2) is 0 Å². The van der Waals surface area contributed by atoms with Crippen LogP contribution in [0.5, 0.6) is 0 Å². The Morgan fingerprint density at radius 1 is 0.867 bits per heavy atom. The van der Waals surface area contributed by atoms with Crippen LogP contribution >= 0.6 is 0 Å². The maximum Gasteiger partial charge on any atom is 0.303 e. The molecule has 0 spiro atoms. The zero-order valence-corrected chi connectivity index (χ0v) is 17.9. The number of nitrogens with zero attached hydrogens (tertiary/aromatic N) is 1. The van der Waals surface area contributed by atoms with E-state index in [-0.39, 0.29) is 6.10 Å². The molecule has 3 rings (SSSR count). The van der Waals surface area contributed by atoms with Crippen LogP contribution in [0, 0.1) is 0 Å². The van der Waals surface area contributed by atoms with Crippen LogP contribution in [0.25, 0.3) is 0 Å².